The van der Waals surface area contributed by atoms with Crippen molar-refractivity contribution in [2.75, 3.05) is 57.4 Å². The molecule has 2 fully saturated rings. The number of hydrogen-bond donors (Lipinski definition) is 2. The predicted octanol–water partition coefficient (Wildman–Crippen LogP) is 2.97. The van der Waals surface area contributed by atoms with Crippen molar-refractivity contribution in [3.05, 3.63) is 29.6 Å². The fourth-order valence-corrected chi connectivity index (χ4v) is 3.74. The van der Waals surface area contributed by atoms with Crippen molar-refractivity contribution in [3.63, 3.8) is 0 Å². The average Bonchev–Trinajstić information content (AvgIpc) is 3.12. The van der Waals surface area contributed by atoms with Crippen LogP contribution in [0, 0.1) is 5.82 Å². The van der Waals surface area contributed by atoms with Crippen LogP contribution < -0.4 is 15.5 Å². The minimum absolute atomic E-state index is 0. The van der Waals surface area contributed by atoms with Crippen molar-refractivity contribution in [2.24, 2.45) is 4.99 Å². The van der Waals surface area contributed by atoms with E-state index in [9.17, 15) is 17.6 Å². The van der Waals surface area contributed by atoms with Gasteiger partial charge in [-0.05, 0) is 31.0 Å². The minimum atomic E-state index is -4.19. The third-order valence-electron chi connectivity index (χ3n) is 5.14. The molecule has 3 rings (SSSR count). The summed E-state index contributed by atoms with van der Waals surface area (Å²) >= 11 is 0. The number of rotatable bonds is 6. The molecule has 1 aromatic carbocycles. The lowest BCUT2D eigenvalue weighted by Gasteiger charge is -2.29. The number of halogens is 5. The molecule has 2 aliphatic rings. The number of anilines is 1. The molecule has 0 saturated carbocycles. The fourth-order valence-electron chi connectivity index (χ4n) is 3.74. The van der Waals surface area contributed by atoms with E-state index in [0.29, 0.717) is 64.0 Å². The first kappa shape index (κ1) is 25.9. The van der Waals surface area contributed by atoms with E-state index in [-0.39, 0.29) is 42.4 Å². The number of ether oxygens (including phenoxy) is 1. The van der Waals surface area contributed by atoms with E-state index in [1.165, 1.54) is 11.0 Å². The van der Waals surface area contributed by atoms with Crippen LogP contribution in [0.15, 0.2) is 23.2 Å². The zero-order chi connectivity index (χ0) is 21.6. The van der Waals surface area contributed by atoms with Gasteiger partial charge in [0.05, 0.1) is 32.0 Å². The van der Waals surface area contributed by atoms with Crippen LogP contribution in [0.3, 0.4) is 0 Å². The van der Waals surface area contributed by atoms with Gasteiger partial charge in [0.25, 0.3) is 0 Å². The van der Waals surface area contributed by atoms with Gasteiger partial charge in [-0.15, -0.1) is 24.0 Å². The molecule has 0 aromatic heterocycles. The zero-order valence-electron chi connectivity index (χ0n) is 17.6. The van der Waals surface area contributed by atoms with Crippen molar-refractivity contribution in [1.29, 1.82) is 0 Å². The monoisotopic (exact) mass is 559 g/mol. The molecule has 2 heterocycles. The second-order valence-corrected chi connectivity index (χ2v) is 7.56. The number of benzene rings is 1. The van der Waals surface area contributed by atoms with Gasteiger partial charge in [-0.3, -0.25) is 4.90 Å². The van der Waals surface area contributed by atoms with Crippen LogP contribution in [0.5, 0.6) is 0 Å². The van der Waals surface area contributed by atoms with Gasteiger partial charge in [0.2, 0.25) is 0 Å². The standard InChI is InChI=1S/C20H29F4N5O.HI/c1-2-25-19(27-16-5-6-28(13-16)14-20(22,23)24)26-12-15-3-4-18(17(21)11-15)29-7-9-30-10-8-29;/h3-4,11,16H,2,5-10,12-14H2,1H3,(H2,25,26,27);1H. The first-order valence-corrected chi connectivity index (χ1v) is 10.3. The number of nitrogens with zero attached hydrogens (tertiary/aromatic N) is 3. The predicted molar refractivity (Wildman–Crippen MR) is 124 cm³/mol. The molecule has 11 heteroatoms. The summed E-state index contributed by atoms with van der Waals surface area (Å²) in [5.74, 6) is 0.232. The van der Waals surface area contributed by atoms with Crippen LogP contribution in [0.1, 0.15) is 18.9 Å². The molecule has 0 radical (unpaired) electrons. The van der Waals surface area contributed by atoms with E-state index < -0.39 is 12.7 Å². The highest BCUT2D eigenvalue weighted by Crippen LogP contribution is 2.22. The molecule has 2 aliphatic heterocycles. The molecule has 1 unspecified atom stereocenters. The van der Waals surface area contributed by atoms with Crippen LogP contribution in [0.4, 0.5) is 23.2 Å². The van der Waals surface area contributed by atoms with Crippen molar-refractivity contribution in [3.8, 4) is 0 Å². The molecular weight excluding hydrogens is 529 g/mol. The maximum Gasteiger partial charge on any atom is 0.401 e. The number of aliphatic imine (C=N–C) groups is 1. The number of hydrogen-bond acceptors (Lipinski definition) is 4. The Bertz CT molecular complexity index is 728. The van der Waals surface area contributed by atoms with Gasteiger partial charge < -0.3 is 20.3 Å². The largest absolute Gasteiger partial charge is 0.401 e. The first-order chi connectivity index (χ1) is 14.3. The zero-order valence-corrected chi connectivity index (χ0v) is 19.9. The maximum absolute atomic E-state index is 14.6. The minimum Gasteiger partial charge on any atom is -0.378 e. The van der Waals surface area contributed by atoms with E-state index in [4.69, 9.17) is 4.74 Å². The van der Waals surface area contributed by atoms with Crippen LogP contribution in [-0.2, 0) is 11.3 Å². The SMILES string of the molecule is CCNC(=NCc1ccc(N2CCOCC2)c(F)c1)NC1CCN(CC(F)(F)F)C1.I. The highest BCUT2D eigenvalue weighted by Gasteiger charge is 2.34. The van der Waals surface area contributed by atoms with Crippen molar-refractivity contribution in [2.45, 2.75) is 32.1 Å². The number of morpholine rings is 1. The summed E-state index contributed by atoms with van der Waals surface area (Å²) in [5, 5.41) is 6.30. The summed E-state index contributed by atoms with van der Waals surface area (Å²) in [4.78, 5) is 7.84. The Balaban J connectivity index is 0.00000341. The Morgan fingerprint density at radius 3 is 2.61 bits per heavy atom. The Morgan fingerprint density at radius 2 is 1.97 bits per heavy atom. The fraction of sp³-hybridized carbons (Fsp3) is 0.650. The first-order valence-electron chi connectivity index (χ1n) is 10.3. The van der Waals surface area contributed by atoms with Gasteiger partial charge >= 0.3 is 6.18 Å². The molecule has 2 N–H and O–H groups in total. The van der Waals surface area contributed by atoms with E-state index >= 15 is 0 Å². The molecule has 0 amide bonds. The average molecular weight is 559 g/mol. The van der Waals surface area contributed by atoms with Gasteiger partial charge in [0, 0.05) is 38.8 Å². The highest BCUT2D eigenvalue weighted by atomic mass is 127. The third kappa shape index (κ3) is 8.26. The number of nitrogens with one attached hydrogen (secondary N) is 2. The molecule has 0 aliphatic carbocycles. The summed E-state index contributed by atoms with van der Waals surface area (Å²) < 4.78 is 57.6. The van der Waals surface area contributed by atoms with E-state index in [1.807, 2.05) is 17.9 Å². The Morgan fingerprint density at radius 1 is 1.23 bits per heavy atom. The Kier molecular flexibility index (Phi) is 10.1. The molecule has 1 atom stereocenters. The molecule has 0 bridgehead atoms. The van der Waals surface area contributed by atoms with Gasteiger partial charge in [-0.1, -0.05) is 6.07 Å². The van der Waals surface area contributed by atoms with E-state index in [0.717, 1.165) is 5.56 Å². The van der Waals surface area contributed by atoms with Crippen LogP contribution in [0.25, 0.3) is 0 Å². The lowest BCUT2D eigenvalue weighted by molar-refractivity contribution is -0.143. The van der Waals surface area contributed by atoms with Gasteiger partial charge in [0.15, 0.2) is 5.96 Å². The van der Waals surface area contributed by atoms with E-state index in [1.54, 1.807) is 6.07 Å². The number of likely N-dealkylation sites (tertiary alicyclic amines) is 1. The van der Waals surface area contributed by atoms with Crippen molar-refractivity contribution < 1.29 is 22.3 Å². The Labute approximate surface area is 197 Å². The molecule has 31 heavy (non-hydrogen) atoms. The smallest absolute Gasteiger partial charge is 0.378 e. The number of alkyl halides is 3. The molecule has 1 aromatic rings. The van der Waals surface area contributed by atoms with E-state index in [2.05, 4.69) is 15.6 Å². The highest BCUT2D eigenvalue weighted by molar-refractivity contribution is 14.0. The van der Waals surface area contributed by atoms with Crippen molar-refractivity contribution >= 4 is 35.6 Å². The lowest BCUT2D eigenvalue weighted by atomic mass is 10.1. The molecular formula is C20H30F4IN5O. The quantitative estimate of drug-likeness (QED) is 0.243. The molecule has 0 spiro atoms. The number of guanidine groups is 1. The van der Waals surface area contributed by atoms with Crippen molar-refractivity contribution in [1.82, 2.24) is 15.5 Å². The molecule has 176 valence electrons. The third-order valence-corrected chi connectivity index (χ3v) is 5.14. The van der Waals surface area contributed by atoms with Crippen LogP contribution in [-0.4, -0.2) is 75.6 Å². The Hall–Kier alpha value is -1.34. The topological polar surface area (TPSA) is 52.1 Å². The summed E-state index contributed by atoms with van der Waals surface area (Å²) in [7, 11) is 0. The molecule has 2 saturated heterocycles. The van der Waals surface area contributed by atoms with Crippen LogP contribution >= 0.6 is 24.0 Å². The summed E-state index contributed by atoms with van der Waals surface area (Å²) in [5.41, 5.74) is 1.29. The lowest BCUT2D eigenvalue weighted by Crippen LogP contribution is -2.45. The molecule has 6 nitrogen and oxygen atoms in total. The summed E-state index contributed by atoms with van der Waals surface area (Å²) in [6, 6.07) is 4.99. The van der Waals surface area contributed by atoms with Gasteiger partial charge in [-0.2, -0.15) is 13.2 Å². The van der Waals surface area contributed by atoms with Gasteiger partial charge in [-0.25, -0.2) is 9.38 Å². The van der Waals surface area contributed by atoms with Gasteiger partial charge in [0.1, 0.15) is 5.82 Å². The second kappa shape index (κ2) is 12.0. The second-order valence-electron chi connectivity index (χ2n) is 7.56. The summed E-state index contributed by atoms with van der Waals surface area (Å²) in [6.45, 7) is 5.12. The summed E-state index contributed by atoms with van der Waals surface area (Å²) in [6.07, 6.45) is -3.58. The normalized spacial score (nSPS) is 20.5. The maximum atomic E-state index is 14.6. The van der Waals surface area contributed by atoms with Crippen LogP contribution in [0.2, 0.25) is 0 Å².